The second-order valence-corrected chi connectivity index (χ2v) is 6.40. The minimum atomic E-state index is 0.807. The van der Waals surface area contributed by atoms with Crippen LogP contribution in [0.2, 0.25) is 0 Å². The van der Waals surface area contributed by atoms with Gasteiger partial charge in [0.25, 0.3) is 0 Å². The minimum absolute atomic E-state index is 0.807. The van der Waals surface area contributed by atoms with Gasteiger partial charge in [0.05, 0.1) is 5.69 Å². The summed E-state index contributed by atoms with van der Waals surface area (Å²) in [5.41, 5.74) is 2.13. The van der Waals surface area contributed by atoms with Gasteiger partial charge in [-0.1, -0.05) is 44.2 Å². The van der Waals surface area contributed by atoms with Gasteiger partial charge >= 0.3 is 0 Å². The van der Waals surface area contributed by atoms with E-state index >= 15 is 0 Å². The van der Waals surface area contributed by atoms with Crippen molar-refractivity contribution in [1.29, 1.82) is 0 Å². The lowest BCUT2D eigenvalue weighted by molar-refractivity contribution is 0.434. The van der Waals surface area contributed by atoms with Gasteiger partial charge in [-0.05, 0) is 25.2 Å². The van der Waals surface area contributed by atoms with Crippen LogP contribution in [-0.4, -0.2) is 29.6 Å². The van der Waals surface area contributed by atoms with E-state index < -0.39 is 0 Å². The molecule has 1 saturated heterocycles. The van der Waals surface area contributed by atoms with E-state index in [1.54, 1.807) is 0 Å². The van der Waals surface area contributed by atoms with Crippen LogP contribution in [0.5, 0.6) is 0 Å². The molecule has 0 amide bonds. The summed E-state index contributed by atoms with van der Waals surface area (Å²) in [5, 5.41) is 3.41. The summed E-state index contributed by atoms with van der Waals surface area (Å²) in [7, 11) is 0. The third-order valence-electron chi connectivity index (χ3n) is 4.41. The molecule has 0 bridgehead atoms. The lowest BCUT2D eigenvalue weighted by Gasteiger charge is -2.30. The zero-order valence-corrected chi connectivity index (χ0v) is 14.1. The molecule has 1 fully saturated rings. The molecular weight excluding hydrogens is 284 g/mol. The van der Waals surface area contributed by atoms with Crippen molar-refractivity contribution in [3.8, 4) is 11.3 Å². The number of hydrogen-bond acceptors (Lipinski definition) is 4. The van der Waals surface area contributed by atoms with Gasteiger partial charge in [0.2, 0.25) is 5.95 Å². The van der Waals surface area contributed by atoms with Crippen molar-refractivity contribution >= 4 is 11.8 Å². The molecule has 0 radical (unpaired) electrons. The second kappa shape index (κ2) is 7.44. The van der Waals surface area contributed by atoms with Gasteiger partial charge in [-0.2, -0.15) is 4.98 Å². The van der Waals surface area contributed by atoms with Crippen molar-refractivity contribution in [1.82, 2.24) is 9.97 Å². The van der Waals surface area contributed by atoms with Crippen LogP contribution < -0.4 is 10.2 Å². The Kier molecular flexibility index (Phi) is 5.11. The Hall–Kier alpha value is -2.10. The average molecular weight is 310 g/mol. The van der Waals surface area contributed by atoms with Crippen LogP contribution in [0, 0.1) is 5.92 Å². The maximum atomic E-state index is 4.84. The molecule has 1 aliphatic heterocycles. The Balaban J connectivity index is 1.91. The molecule has 3 rings (SSSR count). The Morgan fingerprint density at radius 3 is 2.57 bits per heavy atom. The summed E-state index contributed by atoms with van der Waals surface area (Å²) in [6, 6.07) is 12.4. The molecule has 1 N–H and O–H groups in total. The molecule has 0 saturated carbocycles. The Labute approximate surface area is 139 Å². The number of benzene rings is 1. The number of piperidine rings is 1. The van der Waals surface area contributed by atoms with E-state index in [1.807, 2.05) is 6.07 Å². The highest BCUT2D eigenvalue weighted by Crippen LogP contribution is 2.25. The molecule has 4 nitrogen and oxygen atoms in total. The number of nitrogens with one attached hydrogen (secondary N) is 1. The summed E-state index contributed by atoms with van der Waals surface area (Å²) in [5.74, 6) is 2.59. The third kappa shape index (κ3) is 4.01. The first-order chi connectivity index (χ1) is 11.3. The average Bonchev–Trinajstić information content (AvgIpc) is 2.61. The van der Waals surface area contributed by atoms with Gasteiger partial charge in [0.15, 0.2) is 0 Å². The topological polar surface area (TPSA) is 41.1 Å². The summed E-state index contributed by atoms with van der Waals surface area (Å²) < 4.78 is 0. The Morgan fingerprint density at radius 2 is 1.87 bits per heavy atom. The second-order valence-electron chi connectivity index (χ2n) is 6.40. The lowest BCUT2D eigenvalue weighted by Crippen LogP contribution is -2.34. The molecule has 4 heteroatoms. The number of rotatable bonds is 5. The number of aromatic nitrogens is 2. The van der Waals surface area contributed by atoms with Gasteiger partial charge in [-0.25, -0.2) is 4.98 Å². The van der Waals surface area contributed by atoms with Crippen LogP contribution in [0.1, 0.15) is 33.1 Å². The highest BCUT2D eigenvalue weighted by atomic mass is 15.3. The highest BCUT2D eigenvalue weighted by Gasteiger charge is 2.19. The minimum Gasteiger partial charge on any atom is -0.370 e. The first-order valence-corrected chi connectivity index (χ1v) is 8.69. The molecule has 0 spiro atoms. The molecule has 1 aliphatic rings. The highest BCUT2D eigenvalue weighted by molar-refractivity contribution is 5.64. The van der Waals surface area contributed by atoms with Crippen molar-refractivity contribution < 1.29 is 0 Å². The SMILES string of the molecule is CCCNc1cc(-c2ccccc2)nc(N2CCC(C)CC2)n1. The van der Waals surface area contributed by atoms with E-state index in [0.29, 0.717) is 0 Å². The number of anilines is 2. The largest absolute Gasteiger partial charge is 0.370 e. The predicted octanol–water partition coefficient (Wildman–Crippen LogP) is 4.20. The standard InChI is InChI=1S/C19H26N4/c1-3-11-20-18-14-17(16-7-5-4-6-8-16)21-19(22-18)23-12-9-15(2)10-13-23/h4-8,14-15H,3,9-13H2,1-2H3,(H,20,21,22). The lowest BCUT2D eigenvalue weighted by atomic mass is 10.00. The van der Waals surface area contributed by atoms with Crippen molar-refractivity contribution in [2.24, 2.45) is 5.92 Å². The smallest absolute Gasteiger partial charge is 0.227 e. The zero-order valence-electron chi connectivity index (χ0n) is 14.1. The van der Waals surface area contributed by atoms with E-state index in [-0.39, 0.29) is 0 Å². The predicted molar refractivity (Wildman–Crippen MR) is 96.9 cm³/mol. The van der Waals surface area contributed by atoms with Crippen molar-refractivity contribution in [3.63, 3.8) is 0 Å². The molecule has 0 aliphatic carbocycles. The molecule has 122 valence electrons. The van der Waals surface area contributed by atoms with Crippen LogP contribution >= 0.6 is 0 Å². The van der Waals surface area contributed by atoms with Crippen molar-refractivity contribution in [2.45, 2.75) is 33.1 Å². The molecule has 1 aromatic heterocycles. The Morgan fingerprint density at radius 1 is 1.13 bits per heavy atom. The maximum absolute atomic E-state index is 4.84. The Bertz CT molecular complexity index is 619. The quantitative estimate of drug-likeness (QED) is 0.898. The van der Waals surface area contributed by atoms with Gasteiger partial charge < -0.3 is 10.2 Å². The van der Waals surface area contributed by atoms with E-state index in [9.17, 15) is 0 Å². The van der Waals surface area contributed by atoms with E-state index in [2.05, 4.69) is 54.4 Å². The van der Waals surface area contributed by atoms with Gasteiger partial charge in [-0.15, -0.1) is 0 Å². The molecule has 2 aromatic rings. The fraction of sp³-hybridized carbons (Fsp3) is 0.474. The van der Waals surface area contributed by atoms with Crippen LogP contribution in [0.15, 0.2) is 36.4 Å². The molecule has 1 aromatic carbocycles. The maximum Gasteiger partial charge on any atom is 0.227 e. The van der Waals surface area contributed by atoms with Gasteiger partial charge in [0.1, 0.15) is 5.82 Å². The van der Waals surface area contributed by atoms with Gasteiger partial charge in [0, 0.05) is 31.3 Å². The summed E-state index contributed by atoms with van der Waals surface area (Å²) in [4.78, 5) is 11.9. The molecule has 0 unspecified atom stereocenters. The summed E-state index contributed by atoms with van der Waals surface area (Å²) >= 11 is 0. The van der Waals surface area contributed by atoms with Crippen molar-refractivity contribution in [3.05, 3.63) is 36.4 Å². The molecule has 23 heavy (non-hydrogen) atoms. The summed E-state index contributed by atoms with van der Waals surface area (Å²) in [6.07, 6.45) is 3.52. The normalized spacial score (nSPS) is 15.7. The van der Waals surface area contributed by atoms with Crippen LogP contribution in [-0.2, 0) is 0 Å². The summed E-state index contributed by atoms with van der Waals surface area (Å²) in [6.45, 7) is 7.52. The first-order valence-electron chi connectivity index (χ1n) is 8.69. The fourth-order valence-electron chi connectivity index (χ4n) is 2.88. The van der Waals surface area contributed by atoms with Crippen molar-refractivity contribution in [2.75, 3.05) is 29.9 Å². The fourth-order valence-corrected chi connectivity index (χ4v) is 2.88. The molecule has 2 heterocycles. The zero-order chi connectivity index (χ0) is 16.1. The monoisotopic (exact) mass is 310 g/mol. The van der Waals surface area contributed by atoms with Gasteiger partial charge in [-0.3, -0.25) is 0 Å². The van der Waals surface area contributed by atoms with E-state index in [0.717, 1.165) is 55.0 Å². The first kappa shape index (κ1) is 15.8. The molecular formula is C19H26N4. The number of nitrogens with zero attached hydrogens (tertiary/aromatic N) is 3. The number of hydrogen-bond donors (Lipinski definition) is 1. The van der Waals surface area contributed by atoms with E-state index in [1.165, 1.54) is 12.8 Å². The third-order valence-corrected chi connectivity index (χ3v) is 4.41. The van der Waals surface area contributed by atoms with E-state index in [4.69, 9.17) is 9.97 Å². The van der Waals surface area contributed by atoms with Crippen LogP contribution in [0.4, 0.5) is 11.8 Å². The molecule has 0 atom stereocenters. The van der Waals surface area contributed by atoms with Crippen LogP contribution in [0.25, 0.3) is 11.3 Å². The van der Waals surface area contributed by atoms with Crippen LogP contribution in [0.3, 0.4) is 0 Å².